The summed E-state index contributed by atoms with van der Waals surface area (Å²) in [4.78, 5) is 0. The van der Waals surface area contributed by atoms with Crippen LogP contribution in [0.3, 0.4) is 0 Å². The normalized spacial score (nSPS) is 16.1. The molecule has 1 atom stereocenters. The van der Waals surface area contributed by atoms with Crippen molar-refractivity contribution in [3.63, 3.8) is 0 Å². The van der Waals surface area contributed by atoms with E-state index >= 15 is 0 Å². The summed E-state index contributed by atoms with van der Waals surface area (Å²) in [6.07, 6.45) is 5.10. The number of hydrogen-bond acceptors (Lipinski definition) is 4. The lowest BCUT2D eigenvalue weighted by Gasteiger charge is -2.06. The molecule has 1 aliphatic rings. The molecule has 1 saturated carbocycles. The molecule has 0 amide bonds. The van der Waals surface area contributed by atoms with Crippen LogP contribution in [0.15, 0.2) is 0 Å². The molecule has 0 heterocycles. The van der Waals surface area contributed by atoms with Crippen molar-refractivity contribution in [2.75, 3.05) is 33.0 Å². The van der Waals surface area contributed by atoms with E-state index in [-0.39, 0.29) is 6.61 Å². The highest BCUT2D eigenvalue weighted by Crippen LogP contribution is 2.24. The first-order valence-corrected chi connectivity index (χ1v) is 7.56. The molecule has 0 spiro atoms. The van der Waals surface area contributed by atoms with Crippen LogP contribution in [0, 0.1) is 5.92 Å². The molecule has 0 bridgehead atoms. The minimum atomic E-state index is -0.560. The zero-order chi connectivity index (χ0) is 14.9. The molecular weight excluding hydrogens is 244 g/mol. The van der Waals surface area contributed by atoms with Gasteiger partial charge in [0.25, 0.3) is 0 Å². The summed E-state index contributed by atoms with van der Waals surface area (Å²) in [5.41, 5.74) is 0. The fourth-order valence-corrected chi connectivity index (χ4v) is 1.67. The first-order chi connectivity index (χ1) is 9.12. The molecular formula is C15H34O4. The summed E-state index contributed by atoms with van der Waals surface area (Å²) in [7, 11) is 0. The third-order valence-electron chi connectivity index (χ3n) is 2.70. The Bertz CT molecular complexity index is 143. The third-order valence-corrected chi connectivity index (χ3v) is 2.70. The van der Waals surface area contributed by atoms with Crippen molar-refractivity contribution in [2.45, 2.75) is 59.5 Å². The van der Waals surface area contributed by atoms with Gasteiger partial charge in [-0.3, -0.25) is 0 Å². The Morgan fingerprint density at radius 1 is 1.00 bits per heavy atom. The van der Waals surface area contributed by atoms with E-state index in [9.17, 15) is 0 Å². The van der Waals surface area contributed by atoms with E-state index in [0.29, 0.717) is 0 Å². The topological polar surface area (TPSA) is 58.9 Å². The maximum Gasteiger partial charge on any atom is 0.0742 e. The second-order valence-electron chi connectivity index (χ2n) is 4.62. The second kappa shape index (κ2) is 17.8. The smallest absolute Gasteiger partial charge is 0.0742 e. The zero-order valence-electron chi connectivity index (χ0n) is 13.2. The van der Waals surface area contributed by atoms with Gasteiger partial charge in [0.15, 0.2) is 0 Å². The molecule has 0 aromatic rings. The van der Waals surface area contributed by atoms with Crippen molar-refractivity contribution >= 4 is 0 Å². The van der Waals surface area contributed by atoms with Crippen LogP contribution in [0.1, 0.15) is 53.4 Å². The Balaban J connectivity index is 0. The summed E-state index contributed by atoms with van der Waals surface area (Å²) >= 11 is 0. The highest BCUT2D eigenvalue weighted by Gasteiger charge is 2.13. The molecule has 1 rings (SSSR count). The van der Waals surface area contributed by atoms with Gasteiger partial charge in [-0.2, -0.15) is 0 Å². The first-order valence-electron chi connectivity index (χ1n) is 7.56. The van der Waals surface area contributed by atoms with Gasteiger partial charge in [0.1, 0.15) is 0 Å². The fraction of sp³-hybridized carbons (Fsp3) is 1.00. The van der Waals surface area contributed by atoms with Crippen molar-refractivity contribution in [3.05, 3.63) is 0 Å². The quantitative estimate of drug-likeness (QED) is 0.784. The predicted molar refractivity (Wildman–Crippen MR) is 79.4 cm³/mol. The number of aliphatic hydroxyl groups excluding tert-OH is 2. The van der Waals surface area contributed by atoms with Gasteiger partial charge in [-0.1, -0.05) is 12.8 Å². The van der Waals surface area contributed by atoms with Gasteiger partial charge in [-0.25, -0.2) is 0 Å². The number of ether oxygens (including phenoxy) is 2. The standard InChI is InChI=1S/C8H16O.C4H10O.C3H8O2/c1-2-9-7-8-5-3-4-6-8;1-3-5-4-2;1-3(5)2-4/h8H,2-7H2,1H3;3-4H2,1-2H3;3-5H,2H2,1H3. The van der Waals surface area contributed by atoms with Crippen molar-refractivity contribution in [3.8, 4) is 0 Å². The van der Waals surface area contributed by atoms with Gasteiger partial charge >= 0.3 is 0 Å². The average Bonchev–Trinajstić information content (AvgIpc) is 2.92. The van der Waals surface area contributed by atoms with Gasteiger partial charge in [0.05, 0.1) is 12.7 Å². The van der Waals surface area contributed by atoms with Gasteiger partial charge < -0.3 is 19.7 Å². The molecule has 2 N–H and O–H groups in total. The summed E-state index contributed by atoms with van der Waals surface area (Å²) in [5, 5.41) is 16.0. The lowest BCUT2D eigenvalue weighted by molar-refractivity contribution is 0.110. The van der Waals surface area contributed by atoms with Gasteiger partial charge in [0.2, 0.25) is 0 Å². The molecule has 0 aromatic carbocycles. The van der Waals surface area contributed by atoms with Crippen LogP contribution in [0.25, 0.3) is 0 Å². The molecule has 0 aromatic heterocycles. The van der Waals surface area contributed by atoms with Gasteiger partial charge in [-0.05, 0) is 46.5 Å². The van der Waals surface area contributed by atoms with Gasteiger partial charge in [0, 0.05) is 26.4 Å². The lowest BCUT2D eigenvalue weighted by Crippen LogP contribution is -2.04. The number of hydrogen-bond donors (Lipinski definition) is 2. The molecule has 0 aliphatic heterocycles. The summed E-state index contributed by atoms with van der Waals surface area (Å²) in [6.45, 7) is 11.0. The van der Waals surface area contributed by atoms with E-state index in [1.807, 2.05) is 13.8 Å². The van der Waals surface area contributed by atoms with E-state index < -0.39 is 6.10 Å². The highest BCUT2D eigenvalue weighted by atomic mass is 16.5. The predicted octanol–water partition coefficient (Wildman–Crippen LogP) is 2.62. The Labute approximate surface area is 119 Å². The maximum absolute atomic E-state index is 8.11. The molecule has 0 saturated heterocycles. The van der Waals surface area contributed by atoms with E-state index in [1.54, 1.807) is 0 Å². The third kappa shape index (κ3) is 20.3. The van der Waals surface area contributed by atoms with Crippen LogP contribution in [0.2, 0.25) is 0 Å². The molecule has 19 heavy (non-hydrogen) atoms. The van der Waals surface area contributed by atoms with Crippen LogP contribution in [0.4, 0.5) is 0 Å². The average molecular weight is 278 g/mol. The zero-order valence-corrected chi connectivity index (χ0v) is 13.2. The molecule has 1 unspecified atom stereocenters. The van der Waals surface area contributed by atoms with Crippen LogP contribution in [-0.2, 0) is 9.47 Å². The minimum Gasteiger partial charge on any atom is -0.394 e. The minimum absolute atomic E-state index is 0.139. The monoisotopic (exact) mass is 278 g/mol. The van der Waals surface area contributed by atoms with Crippen molar-refractivity contribution < 1.29 is 19.7 Å². The Hall–Kier alpha value is -0.160. The van der Waals surface area contributed by atoms with Crippen molar-refractivity contribution in [2.24, 2.45) is 5.92 Å². The molecule has 4 nitrogen and oxygen atoms in total. The van der Waals surface area contributed by atoms with Crippen LogP contribution >= 0.6 is 0 Å². The first kappa shape index (κ1) is 21.1. The van der Waals surface area contributed by atoms with Crippen LogP contribution < -0.4 is 0 Å². The number of aliphatic hydroxyl groups is 2. The second-order valence-corrected chi connectivity index (χ2v) is 4.62. The van der Waals surface area contributed by atoms with E-state index in [1.165, 1.54) is 32.6 Å². The Morgan fingerprint density at radius 2 is 1.42 bits per heavy atom. The largest absolute Gasteiger partial charge is 0.394 e. The van der Waals surface area contributed by atoms with E-state index in [2.05, 4.69) is 6.92 Å². The molecule has 1 aliphatic carbocycles. The number of rotatable bonds is 6. The Morgan fingerprint density at radius 3 is 1.68 bits per heavy atom. The van der Waals surface area contributed by atoms with Gasteiger partial charge in [-0.15, -0.1) is 0 Å². The van der Waals surface area contributed by atoms with Crippen molar-refractivity contribution in [1.29, 1.82) is 0 Å². The van der Waals surface area contributed by atoms with E-state index in [4.69, 9.17) is 19.7 Å². The fourth-order valence-electron chi connectivity index (χ4n) is 1.67. The summed E-state index contributed by atoms with van der Waals surface area (Å²) in [6, 6.07) is 0. The van der Waals surface area contributed by atoms with E-state index in [0.717, 1.165) is 32.3 Å². The van der Waals surface area contributed by atoms with Crippen LogP contribution in [-0.4, -0.2) is 49.4 Å². The molecule has 1 fully saturated rings. The molecule has 118 valence electrons. The highest BCUT2D eigenvalue weighted by molar-refractivity contribution is 4.65. The SMILES string of the molecule is CC(O)CO.CCOCC.CCOCC1CCCC1. The molecule has 4 heteroatoms. The Kier molecular flexibility index (Phi) is 19.9. The summed E-state index contributed by atoms with van der Waals surface area (Å²) < 4.78 is 10.2. The summed E-state index contributed by atoms with van der Waals surface area (Å²) in [5.74, 6) is 0.893. The molecule has 0 radical (unpaired) electrons. The maximum atomic E-state index is 8.11. The van der Waals surface area contributed by atoms with Crippen molar-refractivity contribution in [1.82, 2.24) is 0 Å². The van der Waals surface area contributed by atoms with Crippen LogP contribution in [0.5, 0.6) is 0 Å². The lowest BCUT2D eigenvalue weighted by atomic mass is 10.1.